The van der Waals surface area contributed by atoms with E-state index in [9.17, 15) is 45.2 Å². The summed E-state index contributed by atoms with van der Waals surface area (Å²) in [5.41, 5.74) is -6.43. The molecule has 190 valence electrons. The minimum atomic E-state index is -5.07. The molecule has 2 heterocycles. The molecule has 1 aliphatic rings. The standard InChI is InChI=1S/C18H15ClF4N4O7S/c1-25-13(18(21,22)23)6-14(28)27(16(25)30)12-4-9(10(19)5-11(12)20)15(29)24-35(33,34)8-2-3-26(7-8)17(31)32/h4-6,8H,2-3,7H2,1H3,(H,24,29)(H,31,32). The third-order valence-electron chi connectivity index (χ3n) is 5.22. The van der Waals surface area contributed by atoms with Crippen molar-refractivity contribution in [3.05, 3.63) is 61.1 Å². The highest BCUT2D eigenvalue weighted by Crippen LogP contribution is 2.28. The topological polar surface area (TPSA) is 148 Å². The zero-order valence-electron chi connectivity index (χ0n) is 17.5. The first-order valence-corrected chi connectivity index (χ1v) is 11.4. The highest BCUT2D eigenvalue weighted by atomic mass is 35.5. The molecule has 0 bridgehead atoms. The summed E-state index contributed by atoms with van der Waals surface area (Å²) in [6.07, 6.45) is -6.54. The fourth-order valence-corrected chi connectivity index (χ4v) is 4.99. The van der Waals surface area contributed by atoms with Crippen molar-refractivity contribution < 1.29 is 40.7 Å². The van der Waals surface area contributed by atoms with E-state index in [1.807, 2.05) is 0 Å². The molecule has 1 saturated heterocycles. The Labute approximate surface area is 198 Å². The van der Waals surface area contributed by atoms with E-state index in [0.717, 1.165) is 4.90 Å². The average Bonchev–Trinajstić information content (AvgIpc) is 3.22. The summed E-state index contributed by atoms with van der Waals surface area (Å²) in [6, 6.07) is 1.06. The molecule has 1 aliphatic heterocycles. The van der Waals surface area contributed by atoms with E-state index in [0.29, 0.717) is 19.2 Å². The second kappa shape index (κ2) is 8.99. The number of carbonyl (C=O) groups is 2. The molecule has 1 fully saturated rings. The van der Waals surface area contributed by atoms with Crippen LogP contribution in [0.15, 0.2) is 27.8 Å². The van der Waals surface area contributed by atoms with Gasteiger partial charge in [0, 0.05) is 26.2 Å². The lowest BCUT2D eigenvalue weighted by Crippen LogP contribution is -2.42. The highest BCUT2D eigenvalue weighted by Gasteiger charge is 2.37. The molecule has 1 atom stereocenters. The maximum atomic E-state index is 14.6. The van der Waals surface area contributed by atoms with Crippen molar-refractivity contribution in [3.8, 4) is 5.69 Å². The second-order valence-electron chi connectivity index (χ2n) is 7.44. The number of nitrogens with one attached hydrogen (secondary N) is 1. The first-order valence-electron chi connectivity index (χ1n) is 9.48. The Morgan fingerprint density at radius 3 is 2.37 bits per heavy atom. The van der Waals surface area contributed by atoms with E-state index in [1.165, 1.54) is 0 Å². The van der Waals surface area contributed by atoms with Crippen LogP contribution in [0, 0.1) is 5.82 Å². The molecule has 3 rings (SSSR count). The van der Waals surface area contributed by atoms with Gasteiger partial charge in [-0.2, -0.15) is 13.2 Å². The molecule has 2 N–H and O–H groups in total. The van der Waals surface area contributed by atoms with Crippen molar-refractivity contribution in [3.63, 3.8) is 0 Å². The van der Waals surface area contributed by atoms with Crippen molar-refractivity contribution >= 4 is 33.6 Å². The van der Waals surface area contributed by atoms with E-state index in [1.54, 1.807) is 4.72 Å². The molecule has 0 aliphatic carbocycles. The summed E-state index contributed by atoms with van der Waals surface area (Å²) in [5.74, 6) is -2.76. The molecule has 0 radical (unpaired) electrons. The van der Waals surface area contributed by atoms with Crippen LogP contribution in [0.5, 0.6) is 0 Å². The van der Waals surface area contributed by atoms with Gasteiger partial charge in [-0.15, -0.1) is 0 Å². The summed E-state index contributed by atoms with van der Waals surface area (Å²) in [5, 5.41) is 7.04. The third kappa shape index (κ3) is 5.02. The van der Waals surface area contributed by atoms with E-state index in [-0.39, 0.29) is 28.2 Å². The predicted molar refractivity (Wildman–Crippen MR) is 112 cm³/mol. The van der Waals surface area contributed by atoms with Crippen molar-refractivity contribution in [2.24, 2.45) is 7.05 Å². The maximum Gasteiger partial charge on any atom is 0.431 e. The van der Waals surface area contributed by atoms with Gasteiger partial charge in [0.2, 0.25) is 10.0 Å². The van der Waals surface area contributed by atoms with Gasteiger partial charge in [-0.3, -0.25) is 14.2 Å². The van der Waals surface area contributed by atoms with Crippen LogP contribution in [0.2, 0.25) is 5.02 Å². The number of aromatic nitrogens is 2. The zero-order chi connectivity index (χ0) is 26.5. The number of likely N-dealkylation sites (tertiary alicyclic amines) is 1. The Balaban J connectivity index is 2.03. The molecular formula is C18H15ClF4N4O7S. The van der Waals surface area contributed by atoms with Crippen LogP contribution in [-0.4, -0.2) is 57.9 Å². The van der Waals surface area contributed by atoms with Crippen LogP contribution in [0.25, 0.3) is 5.69 Å². The Morgan fingerprint density at radius 1 is 1.20 bits per heavy atom. The van der Waals surface area contributed by atoms with E-state index in [2.05, 4.69) is 0 Å². The first-order chi connectivity index (χ1) is 16.0. The normalized spacial score (nSPS) is 16.4. The lowest BCUT2D eigenvalue weighted by Gasteiger charge is -2.16. The van der Waals surface area contributed by atoms with Gasteiger partial charge in [-0.05, 0) is 18.6 Å². The van der Waals surface area contributed by atoms with Gasteiger partial charge in [-0.1, -0.05) is 11.6 Å². The third-order valence-corrected chi connectivity index (χ3v) is 7.27. The minimum absolute atomic E-state index is 0.0217. The van der Waals surface area contributed by atoms with Crippen LogP contribution in [-0.2, 0) is 23.2 Å². The van der Waals surface area contributed by atoms with Crippen LogP contribution in [0.4, 0.5) is 22.4 Å². The zero-order valence-corrected chi connectivity index (χ0v) is 19.0. The van der Waals surface area contributed by atoms with Gasteiger partial charge in [0.1, 0.15) is 11.5 Å². The smallest absolute Gasteiger partial charge is 0.431 e. The number of carboxylic acid groups (broad SMARTS) is 1. The number of alkyl halides is 3. The fraction of sp³-hybridized carbons (Fsp3) is 0.333. The van der Waals surface area contributed by atoms with Crippen LogP contribution in [0.1, 0.15) is 22.5 Å². The van der Waals surface area contributed by atoms with Crippen LogP contribution in [0.3, 0.4) is 0 Å². The predicted octanol–water partition coefficient (Wildman–Crippen LogP) is 1.16. The molecule has 2 aromatic rings. The van der Waals surface area contributed by atoms with Crippen LogP contribution >= 0.6 is 11.6 Å². The monoisotopic (exact) mass is 542 g/mol. The maximum absolute atomic E-state index is 14.6. The molecule has 17 heteroatoms. The van der Waals surface area contributed by atoms with Gasteiger partial charge in [-0.25, -0.2) is 31.7 Å². The molecule has 1 unspecified atom stereocenters. The number of carbonyl (C=O) groups excluding carboxylic acids is 1. The number of rotatable bonds is 4. The number of hydrogen-bond donors (Lipinski definition) is 2. The van der Waals surface area contributed by atoms with Gasteiger partial charge in [0.05, 0.1) is 21.5 Å². The largest absolute Gasteiger partial charge is 0.465 e. The first kappa shape index (κ1) is 26.2. The van der Waals surface area contributed by atoms with E-state index in [4.69, 9.17) is 16.7 Å². The molecule has 1 aromatic heterocycles. The lowest BCUT2D eigenvalue weighted by atomic mass is 10.1. The number of sulfonamides is 1. The van der Waals surface area contributed by atoms with Crippen molar-refractivity contribution in [2.75, 3.05) is 13.1 Å². The molecule has 35 heavy (non-hydrogen) atoms. The summed E-state index contributed by atoms with van der Waals surface area (Å²) in [4.78, 5) is 49.2. The van der Waals surface area contributed by atoms with Crippen molar-refractivity contribution in [1.29, 1.82) is 0 Å². The van der Waals surface area contributed by atoms with Crippen molar-refractivity contribution in [2.45, 2.75) is 17.8 Å². The Bertz CT molecular complexity index is 1450. The Morgan fingerprint density at radius 2 is 1.83 bits per heavy atom. The highest BCUT2D eigenvalue weighted by molar-refractivity contribution is 7.90. The molecule has 2 amide bonds. The summed E-state index contributed by atoms with van der Waals surface area (Å²) >= 11 is 5.83. The molecule has 0 spiro atoms. The quantitative estimate of drug-likeness (QED) is 0.551. The SMILES string of the molecule is Cn1c(C(F)(F)F)cc(=O)n(-c2cc(C(=O)NS(=O)(=O)C3CCN(C(=O)O)C3)c(Cl)cc2F)c1=O. The van der Waals surface area contributed by atoms with Crippen molar-refractivity contribution in [1.82, 2.24) is 18.8 Å². The Kier molecular flexibility index (Phi) is 6.73. The second-order valence-corrected chi connectivity index (χ2v) is 9.81. The van der Waals surface area contributed by atoms with Gasteiger partial charge in [0.25, 0.3) is 11.5 Å². The van der Waals surface area contributed by atoms with Crippen LogP contribution < -0.4 is 16.0 Å². The van der Waals surface area contributed by atoms with E-state index < -0.39 is 79.0 Å². The average molecular weight is 543 g/mol. The number of halogens is 5. The summed E-state index contributed by atoms with van der Waals surface area (Å²) in [6.45, 7) is -0.520. The Hall–Kier alpha value is -3.40. The van der Waals surface area contributed by atoms with Gasteiger partial charge < -0.3 is 10.0 Å². The number of hydrogen-bond acceptors (Lipinski definition) is 6. The molecular weight excluding hydrogens is 528 g/mol. The van der Waals surface area contributed by atoms with Gasteiger partial charge in [0.15, 0.2) is 0 Å². The molecule has 1 aromatic carbocycles. The lowest BCUT2D eigenvalue weighted by molar-refractivity contribution is -0.144. The molecule has 11 nitrogen and oxygen atoms in total. The summed E-state index contributed by atoms with van der Waals surface area (Å²) in [7, 11) is -3.75. The fourth-order valence-electron chi connectivity index (χ4n) is 3.43. The van der Waals surface area contributed by atoms with Gasteiger partial charge >= 0.3 is 18.0 Å². The minimum Gasteiger partial charge on any atom is -0.465 e. The summed E-state index contributed by atoms with van der Waals surface area (Å²) < 4.78 is 80.5. The number of nitrogens with zero attached hydrogens (tertiary/aromatic N) is 3. The van der Waals surface area contributed by atoms with E-state index >= 15 is 0 Å². The number of benzene rings is 1. The molecule has 0 saturated carbocycles. The number of amides is 2.